The number of carbonyl (C=O) groups excluding carboxylic acids is 1. The summed E-state index contributed by atoms with van der Waals surface area (Å²) in [5, 5.41) is 11.1. The molecule has 1 amide bonds. The van der Waals surface area contributed by atoms with Gasteiger partial charge in [0, 0.05) is 6.42 Å². The summed E-state index contributed by atoms with van der Waals surface area (Å²) in [6, 6.07) is 6.76. The van der Waals surface area contributed by atoms with Gasteiger partial charge >= 0.3 is 0 Å². The fraction of sp³-hybridized carbons (Fsp3) is 0.462. The third-order valence-corrected chi connectivity index (χ3v) is 2.34. The standard InChI is InChI=1S/C13H20N2O2/c1-5-12(17)14-15(13(2,3)4)10-6-8-11(16)9-7-10/h6-9,16H,5H2,1-4H3,(H,14,17). The molecule has 4 nitrogen and oxygen atoms in total. The lowest BCUT2D eigenvalue weighted by Crippen LogP contribution is -2.53. The summed E-state index contributed by atoms with van der Waals surface area (Å²) < 4.78 is 0. The minimum Gasteiger partial charge on any atom is -0.508 e. The molecule has 94 valence electrons. The molecule has 1 rings (SSSR count). The van der Waals surface area contributed by atoms with Crippen molar-refractivity contribution < 1.29 is 9.90 Å². The SMILES string of the molecule is CCC(=O)NN(c1ccc(O)cc1)C(C)(C)C. The van der Waals surface area contributed by atoms with E-state index in [2.05, 4.69) is 5.43 Å². The lowest BCUT2D eigenvalue weighted by atomic mass is 10.1. The van der Waals surface area contributed by atoms with E-state index in [1.807, 2.05) is 27.7 Å². The summed E-state index contributed by atoms with van der Waals surface area (Å²) in [7, 11) is 0. The Kier molecular flexibility index (Phi) is 3.99. The predicted molar refractivity (Wildman–Crippen MR) is 68.8 cm³/mol. The van der Waals surface area contributed by atoms with Crippen LogP contribution in [0.4, 0.5) is 5.69 Å². The Balaban J connectivity index is 2.98. The number of nitrogens with one attached hydrogen (secondary N) is 1. The van der Waals surface area contributed by atoms with Crippen LogP contribution >= 0.6 is 0 Å². The highest BCUT2D eigenvalue weighted by Gasteiger charge is 2.23. The second-order valence-corrected chi connectivity index (χ2v) is 4.91. The van der Waals surface area contributed by atoms with E-state index < -0.39 is 0 Å². The topological polar surface area (TPSA) is 52.6 Å². The molecule has 0 fully saturated rings. The van der Waals surface area contributed by atoms with Crippen LogP contribution < -0.4 is 10.4 Å². The van der Waals surface area contributed by atoms with Crippen molar-refractivity contribution in [3.8, 4) is 5.75 Å². The van der Waals surface area contributed by atoms with Crippen molar-refractivity contribution in [2.24, 2.45) is 0 Å². The summed E-state index contributed by atoms with van der Waals surface area (Å²) in [6.07, 6.45) is 0.435. The number of hydrogen-bond acceptors (Lipinski definition) is 3. The number of hydrazine groups is 1. The van der Waals surface area contributed by atoms with Gasteiger partial charge in [0.25, 0.3) is 0 Å². The molecule has 2 N–H and O–H groups in total. The number of anilines is 1. The van der Waals surface area contributed by atoms with Gasteiger partial charge in [-0.25, -0.2) is 0 Å². The molecule has 1 aromatic carbocycles. The van der Waals surface area contributed by atoms with Crippen molar-refractivity contribution in [2.75, 3.05) is 5.01 Å². The van der Waals surface area contributed by atoms with Gasteiger partial charge < -0.3 is 5.11 Å². The van der Waals surface area contributed by atoms with Crippen LogP contribution in [-0.2, 0) is 4.79 Å². The molecule has 0 bridgehead atoms. The largest absolute Gasteiger partial charge is 0.508 e. The molecule has 0 unspecified atom stereocenters. The maximum absolute atomic E-state index is 11.5. The second-order valence-electron chi connectivity index (χ2n) is 4.91. The molecule has 0 saturated heterocycles. The number of aromatic hydroxyl groups is 1. The van der Waals surface area contributed by atoms with Crippen LogP contribution in [0.15, 0.2) is 24.3 Å². The highest BCUT2D eigenvalue weighted by Crippen LogP contribution is 2.23. The zero-order valence-electron chi connectivity index (χ0n) is 10.8. The van der Waals surface area contributed by atoms with E-state index in [9.17, 15) is 9.90 Å². The van der Waals surface area contributed by atoms with Crippen molar-refractivity contribution in [1.29, 1.82) is 0 Å². The lowest BCUT2D eigenvalue weighted by molar-refractivity contribution is -0.121. The maximum atomic E-state index is 11.5. The van der Waals surface area contributed by atoms with Crippen LogP contribution in [0.2, 0.25) is 0 Å². The molecule has 0 aromatic heterocycles. The van der Waals surface area contributed by atoms with Gasteiger partial charge in [0.05, 0.1) is 11.2 Å². The first kappa shape index (κ1) is 13.4. The van der Waals surface area contributed by atoms with E-state index in [4.69, 9.17) is 0 Å². The summed E-state index contributed by atoms with van der Waals surface area (Å²) >= 11 is 0. The minimum absolute atomic E-state index is 0.0343. The number of hydrogen-bond donors (Lipinski definition) is 2. The molecule has 0 spiro atoms. The molecule has 0 saturated carbocycles. The first-order chi connectivity index (χ1) is 7.84. The van der Waals surface area contributed by atoms with Crippen molar-refractivity contribution in [3.05, 3.63) is 24.3 Å². The Bertz CT molecular complexity index is 379. The van der Waals surface area contributed by atoms with Gasteiger partial charge in [-0.05, 0) is 45.0 Å². The number of phenols is 1. The van der Waals surface area contributed by atoms with Gasteiger partial charge in [0.15, 0.2) is 0 Å². The number of carbonyl (C=O) groups is 1. The lowest BCUT2D eigenvalue weighted by Gasteiger charge is -2.37. The quantitative estimate of drug-likeness (QED) is 0.792. The Morgan fingerprint density at radius 2 is 1.82 bits per heavy atom. The van der Waals surface area contributed by atoms with Crippen molar-refractivity contribution in [2.45, 2.75) is 39.7 Å². The molecule has 1 aromatic rings. The van der Waals surface area contributed by atoms with Crippen LogP contribution in [0.25, 0.3) is 0 Å². The van der Waals surface area contributed by atoms with E-state index in [1.165, 1.54) is 0 Å². The fourth-order valence-corrected chi connectivity index (χ4v) is 1.43. The van der Waals surface area contributed by atoms with Crippen molar-refractivity contribution in [1.82, 2.24) is 5.43 Å². The Morgan fingerprint density at radius 3 is 2.24 bits per heavy atom. The van der Waals surface area contributed by atoms with Gasteiger partial charge in [-0.2, -0.15) is 0 Å². The first-order valence-corrected chi connectivity index (χ1v) is 5.73. The third-order valence-electron chi connectivity index (χ3n) is 2.34. The van der Waals surface area contributed by atoms with Crippen LogP contribution in [0.3, 0.4) is 0 Å². The highest BCUT2D eigenvalue weighted by molar-refractivity contribution is 5.77. The van der Waals surface area contributed by atoms with Gasteiger partial charge in [-0.3, -0.25) is 15.2 Å². The maximum Gasteiger partial charge on any atom is 0.238 e. The molecular weight excluding hydrogens is 216 g/mol. The molecule has 0 heterocycles. The average molecular weight is 236 g/mol. The van der Waals surface area contributed by atoms with Crippen LogP contribution in [0.1, 0.15) is 34.1 Å². The summed E-state index contributed by atoms with van der Waals surface area (Å²) in [4.78, 5) is 11.5. The van der Waals surface area contributed by atoms with Gasteiger partial charge in [0.2, 0.25) is 5.91 Å². The van der Waals surface area contributed by atoms with E-state index >= 15 is 0 Å². The van der Waals surface area contributed by atoms with E-state index in [-0.39, 0.29) is 17.2 Å². The fourth-order valence-electron chi connectivity index (χ4n) is 1.43. The van der Waals surface area contributed by atoms with Crippen molar-refractivity contribution in [3.63, 3.8) is 0 Å². The van der Waals surface area contributed by atoms with Gasteiger partial charge in [-0.1, -0.05) is 6.92 Å². The number of rotatable bonds is 3. The summed E-state index contributed by atoms with van der Waals surface area (Å²) in [5.74, 6) is 0.178. The smallest absolute Gasteiger partial charge is 0.238 e. The third kappa shape index (κ3) is 3.66. The van der Waals surface area contributed by atoms with Crippen LogP contribution in [0, 0.1) is 0 Å². The summed E-state index contributed by atoms with van der Waals surface area (Å²) in [6.45, 7) is 7.84. The second kappa shape index (κ2) is 5.08. The number of phenolic OH excluding ortho intramolecular Hbond substituents is 1. The Labute approximate surface area is 102 Å². The highest BCUT2D eigenvalue weighted by atomic mass is 16.3. The molecular formula is C13H20N2O2. The zero-order chi connectivity index (χ0) is 13.1. The minimum atomic E-state index is -0.234. The van der Waals surface area contributed by atoms with E-state index in [1.54, 1.807) is 29.3 Å². The molecule has 0 aliphatic rings. The predicted octanol–water partition coefficient (Wildman–Crippen LogP) is 2.44. The van der Waals surface area contributed by atoms with Crippen LogP contribution in [0.5, 0.6) is 5.75 Å². The molecule has 0 atom stereocenters. The van der Waals surface area contributed by atoms with Gasteiger partial charge in [-0.15, -0.1) is 0 Å². The molecule has 4 heteroatoms. The Hall–Kier alpha value is -1.71. The molecule has 17 heavy (non-hydrogen) atoms. The zero-order valence-corrected chi connectivity index (χ0v) is 10.8. The number of benzene rings is 1. The molecule has 0 radical (unpaired) electrons. The first-order valence-electron chi connectivity index (χ1n) is 5.73. The number of nitrogens with zero attached hydrogens (tertiary/aromatic N) is 1. The van der Waals surface area contributed by atoms with E-state index in [0.717, 1.165) is 5.69 Å². The van der Waals surface area contributed by atoms with E-state index in [0.29, 0.717) is 6.42 Å². The Morgan fingerprint density at radius 1 is 1.29 bits per heavy atom. The normalized spacial score (nSPS) is 11.1. The average Bonchev–Trinajstić information content (AvgIpc) is 2.25. The molecule has 0 aliphatic heterocycles. The summed E-state index contributed by atoms with van der Waals surface area (Å²) in [5.41, 5.74) is 3.47. The molecule has 0 aliphatic carbocycles. The number of amides is 1. The van der Waals surface area contributed by atoms with Gasteiger partial charge in [0.1, 0.15) is 5.75 Å². The monoisotopic (exact) mass is 236 g/mol. The van der Waals surface area contributed by atoms with Crippen LogP contribution in [-0.4, -0.2) is 16.6 Å². The van der Waals surface area contributed by atoms with Crippen molar-refractivity contribution >= 4 is 11.6 Å².